The average Bonchev–Trinajstić information content (AvgIpc) is 2.84. The number of anilines is 1. The topological polar surface area (TPSA) is 59.6 Å². The number of rotatable bonds is 5. The van der Waals surface area contributed by atoms with Crippen LogP contribution in [0.4, 0.5) is 5.69 Å². The summed E-state index contributed by atoms with van der Waals surface area (Å²) in [6.07, 6.45) is 3.20. The van der Waals surface area contributed by atoms with Crippen molar-refractivity contribution in [2.75, 3.05) is 18.9 Å². The molecule has 2 heterocycles. The molecule has 0 bridgehead atoms. The number of amides is 1. The smallest absolute Gasteiger partial charge is 0.279 e. The monoisotopic (exact) mass is 280 g/mol. The summed E-state index contributed by atoms with van der Waals surface area (Å²) in [4.78, 5) is 16.8. The Labute approximate surface area is 116 Å². The maximum absolute atomic E-state index is 11.9. The van der Waals surface area contributed by atoms with Crippen molar-refractivity contribution in [3.05, 3.63) is 47.6 Å². The molecule has 0 aliphatic carbocycles. The molecule has 2 aromatic heterocycles. The molecular weight excluding hydrogens is 266 g/mol. The van der Waals surface area contributed by atoms with E-state index < -0.39 is 0 Å². The minimum absolute atomic E-state index is 0.112. The normalized spacial score (nSPS) is 12.1. The highest BCUT2D eigenvalue weighted by molar-refractivity contribution is 6.32. The second-order valence-corrected chi connectivity index (χ2v) is 4.64. The molecule has 0 saturated heterocycles. The van der Waals surface area contributed by atoms with Gasteiger partial charge in [-0.05, 0) is 24.3 Å². The molecule has 0 radical (unpaired) electrons. The van der Waals surface area contributed by atoms with E-state index in [1.165, 1.54) is 0 Å². The number of halogens is 1. The Morgan fingerprint density at radius 3 is 3.00 bits per heavy atom. The van der Waals surface area contributed by atoms with Crippen molar-refractivity contribution in [2.45, 2.75) is 6.54 Å². The van der Waals surface area contributed by atoms with Gasteiger partial charge in [0.15, 0.2) is 17.5 Å². The van der Waals surface area contributed by atoms with Gasteiger partial charge in [-0.25, -0.2) is 4.98 Å². The highest BCUT2D eigenvalue weighted by atomic mass is 35.5. The molecule has 2 N–H and O–H groups in total. The molecule has 5 nitrogen and oxygen atoms in total. The lowest BCUT2D eigenvalue weighted by Gasteiger charge is -2.12. The van der Waals surface area contributed by atoms with E-state index in [0.29, 0.717) is 23.9 Å². The van der Waals surface area contributed by atoms with Gasteiger partial charge in [0.2, 0.25) is 0 Å². The number of hydrogen-bond acceptors (Lipinski definition) is 3. The Morgan fingerprint density at radius 2 is 2.32 bits per heavy atom. The Morgan fingerprint density at radius 1 is 1.47 bits per heavy atom. The Balaban J connectivity index is 1.86. The highest BCUT2D eigenvalue weighted by Gasteiger charge is 2.13. The first kappa shape index (κ1) is 13.6. The van der Waals surface area contributed by atoms with Crippen molar-refractivity contribution in [3.63, 3.8) is 0 Å². The van der Waals surface area contributed by atoms with E-state index in [-0.39, 0.29) is 5.91 Å². The molecule has 1 atom stereocenters. The first-order chi connectivity index (χ1) is 9.15. The molecule has 0 saturated carbocycles. The fraction of sp³-hybridized carbons (Fsp3) is 0.231. The van der Waals surface area contributed by atoms with Gasteiger partial charge in [0.05, 0.1) is 19.0 Å². The number of nitrogens with one attached hydrogen (secondary N) is 2. The standard InChI is InChI=1S/C13H14ClN3O2/c1-17(8-10-4-3-7-19-10)9-12(18)16-11-5-2-6-15-13(11)14/h2-7H,8-9H2,1H3,(H,16,18)/p+1. The van der Waals surface area contributed by atoms with Crippen LogP contribution in [0.15, 0.2) is 41.1 Å². The van der Waals surface area contributed by atoms with Gasteiger partial charge in [0.25, 0.3) is 5.91 Å². The van der Waals surface area contributed by atoms with Crippen molar-refractivity contribution in [3.8, 4) is 0 Å². The minimum Gasteiger partial charge on any atom is -0.463 e. The molecule has 1 amide bonds. The predicted molar refractivity (Wildman–Crippen MR) is 72.0 cm³/mol. The summed E-state index contributed by atoms with van der Waals surface area (Å²) in [5, 5.41) is 3.03. The molecule has 0 spiro atoms. The van der Waals surface area contributed by atoms with Crippen molar-refractivity contribution in [2.24, 2.45) is 0 Å². The molecule has 6 heteroatoms. The summed E-state index contributed by atoms with van der Waals surface area (Å²) in [5.41, 5.74) is 0.528. The fourth-order valence-electron chi connectivity index (χ4n) is 1.72. The maximum Gasteiger partial charge on any atom is 0.279 e. The predicted octanol–water partition coefficient (Wildman–Crippen LogP) is 0.981. The first-order valence-electron chi connectivity index (χ1n) is 5.89. The van der Waals surface area contributed by atoms with Gasteiger partial charge in [-0.3, -0.25) is 4.79 Å². The van der Waals surface area contributed by atoms with Crippen molar-refractivity contribution in [1.82, 2.24) is 4.98 Å². The van der Waals surface area contributed by atoms with Crippen LogP contribution < -0.4 is 10.2 Å². The first-order valence-corrected chi connectivity index (χ1v) is 6.27. The number of nitrogens with zero attached hydrogens (tertiary/aromatic N) is 1. The number of carbonyl (C=O) groups excluding carboxylic acids is 1. The van der Waals surface area contributed by atoms with Crippen LogP contribution in [-0.4, -0.2) is 24.5 Å². The van der Waals surface area contributed by atoms with Crippen LogP contribution in [0.2, 0.25) is 5.15 Å². The number of aromatic nitrogens is 1. The molecule has 19 heavy (non-hydrogen) atoms. The van der Waals surface area contributed by atoms with Crippen molar-refractivity contribution >= 4 is 23.2 Å². The number of likely N-dealkylation sites (N-methyl/N-ethyl adjacent to an activating group) is 1. The molecule has 2 rings (SSSR count). The SMILES string of the molecule is C[NH+](CC(=O)Nc1cccnc1Cl)Cc1ccco1. The Bertz CT molecular complexity index is 543. The van der Waals surface area contributed by atoms with E-state index in [1.54, 1.807) is 24.6 Å². The minimum atomic E-state index is -0.112. The zero-order chi connectivity index (χ0) is 13.7. The molecular formula is C13H15ClN3O2+. The third-order valence-electron chi connectivity index (χ3n) is 2.55. The summed E-state index contributed by atoms with van der Waals surface area (Å²) in [6.45, 7) is 0.979. The quantitative estimate of drug-likeness (QED) is 0.803. The Hall–Kier alpha value is -1.85. The molecule has 1 unspecified atom stereocenters. The average molecular weight is 281 g/mol. The molecule has 0 aromatic carbocycles. The zero-order valence-corrected chi connectivity index (χ0v) is 11.3. The maximum atomic E-state index is 11.9. The summed E-state index contributed by atoms with van der Waals surface area (Å²) >= 11 is 5.87. The lowest BCUT2D eigenvalue weighted by atomic mass is 10.4. The van der Waals surface area contributed by atoms with Crippen LogP contribution in [-0.2, 0) is 11.3 Å². The second kappa shape index (κ2) is 6.36. The lowest BCUT2D eigenvalue weighted by Crippen LogP contribution is -3.08. The number of quaternary nitrogens is 1. The zero-order valence-electron chi connectivity index (χ0n) is 10.5. The number of pyridine rings is 1. The van der Waals surface area contributed by atoms with Crippen LogP contribution in [0, 0.1) is 0 Å². The molecule has 100 valence electrons. The van der Waals surface area contributed by atoms with E-state index in [4.69, 9.17) is 16.0 Å². The van der Waals surface area contributed by atoms with E-state index in [2.05, 4.69) is 10.3 Å². The van der Waals surface area contributed by atoms with Gasteiger partial charge in [0.1, 0.15) is 6.54 Å². The third-order valence-corrected chi connectivity index (χ3v) is 2.85. The van der Waals surface area contributed by atoms with Gasteiger partial charge in [-0.1, -0.05) is 11.6 Å². The number of carbonyl (C=O) groups is 1. The summed E-state index contributed by atoms with van der Waals surface area (Å²) < 4.78 is 5.24. The lowest BCUT2D eigenvalue weighted by molar-refractivity contribution is -0.886. The van der Waals surface area contributed by atoms with Gasteiger partial charge in [-0.15, -0.1) is 0 Å². The number of furan rings is 1. The van der Waals surface area contributed by atoms with E-state index in [0.717, 1.165) is 10.7 Å². The van der Waals surface area contributed by atoms with Gasteiger partial charge >= 0.3 is 0 Å². The van der Waals surface area contributed by atoms with Gasteiger partial charge in [-0.2, -0.15) is 0 Å². The van der Waals surface area contributed by atoms with Gasteiger partial charge in [0, 0.05) is 6.20 Å². The molecule has 0 aliphatic heterocycles. The largest absolute Gasteiger partial charge is 0.463 e. The van der Waals surface area contributed by atoms with E-state index in [1.807, 2.05) is 19.2 Å². The summed E-state index contributed by atoms with van der Waals surface area (Å²) in [5.74, 6) is 0.740. The van der Waals surface area contributed by atoms with Crippen LogP contribution in [0.5, 0.6) is 0 Å². The van der Waals surface area contributed by atoms with Crippen LogP contribution in [0.1, 0.15) is 5.76 Å². The van der Waals surface area contributed by atoms with E-state index >= 15 is 0 Å². The van der Waals surface area contributed by atoms with Gasteiger partial charge < -0.3 is 14.6 Å². The summed E-state index contributed by atoms with van der Waals surface area (Å²) in [7, 11) is 1.92. The molecule has 0 fully saturated rings. The van der Waals surface area contributed by atoms with E-state index in [9.17, 15) is 4.79 Å². The Kier molecular flexibility index (Phi) is 4.54. The van der Waals surface area contributed by atoms with Crippen molar-refractivity contribution < 1.29 is 14.1 Å². The summed E-state index contributed by atoms with van der Waals surface area (Å²) in [6, 6.07) is 7.16. The van der Waals surface area contributed by atoms with Crippen molar-refractivity contribution in [1.29, 1.82) is 0 Å². The second-order valence-electron chi connectivity index (χ2n) is 4.28. The van der Waals surface area contributed by atoms with Crippen LogP contribution >= 0.6 is 11.6 Å². The van der Waals surface area contributed by atoms with Crippen LogP contribution in [0.3, 0.4) is 0 Å². The molecule has 2 aromatic rings. The van der Waals surface area contributed by atoms with Crippen LogP contribution in [0.25, 0.3) is 0 Å². The number of hydrogen-bond donors (Lipinski definition) is 2. The third kappa shape index (κ3) is 4.08. The molecule has 0 aliphatic rings. The highest BCUT2D eigenvalue weighted by Crippen LogP contribution is 2.16. The fourth-order valence-corrected chi connectivity index (χ4v) is 1.89.